The maximum atomic E-state index is 5.98. The molecule has 0 saturated carbocycles. The third-order valence-electron chi connectivity index (χ3n) is 3.29. The van der Waals surface area contributed by atoms with E-state index >= 15 is 0 Å². The molecule has 0 aliphatic heterocycles. The Bertz CT molecular complexity index is 725. The van der Waals surface area contributed by atoms with Crippen LogP contribution in [0.2, 0.25) is 5.02 Å². The van der Waals surface area contributed by atoms with Crippen molar-refractivity contribution < 1.29 is 4.52 Å². The summed E-state index contributed by atoms with van der Waals surface area (Å²) in [5.41, 5.74) is 0.842. The molecule has 0 spiro atoms. The van der Waals surface area contributed by atoms with Gasteiger partial charge in [0.15, 0.2) is 0 Å². The third kappa shape index (κ3) is 3.46. The first-order valence-corrected chi connectivity index (χ1v) is 7.37. The minimum Gasteiger partial charge on any atom is -0.337 e. The van der Waals surface area contributed by atoms with Gasteiger partial charge in [-0.05, 0) is 18.6 Å². The van der Waals surface area contributed by atoms with Crippen LogP contribution in [0.5, 0.6) is 0 Å². The number of rotatable bonds is 6. The van der Waals surface area contributed by atoms with Gasteiger partial charge in [0.1, 0.15) is 0 Å². The van der Waals surface area contributed by atoms with E-state index in [1.54, 1.807) is 6.20 Å². The molecule has 7 heteroatoms. The van der Waals surface area contributed by atoms with E-state index in [1.165, 1.54) is 0 Å². The molecule has 114 valence electrons. The molecule has 0 aliphatic rings. The number of imidazole rings is 1. The minimum absolute atomic E-state index is 0.501. The van der Waals surface area contributed by atoms with E-state index in [0.29, 0.717) is 16.9 Å². The molecule has 3 aromatic rings. The highest BCUT2D eigenvalue weighted by Gasteiger charge is 2.12. The van der Waals surface area contributed by atoms with Crippen molar-refractivity contribution in [2.24, 2.45) is 0 Å². The fraction of sp³-hybridized carbons (Fsp3) is 0.267. The normalized spacial score (nSPS) is 10.8. The average molecular weight is 318 g/mol. The largest absolute Gasteiger partial charge is 0.337 e. The topological polar surface area (TPSA) is 60.0 Å². The Morgan fingerprint density at radius 3 is 3.05 bits per heavy atom. The lowest BCUT2D eigenvalue weighted by Gasteiger charge is -2.13. The Morgan fingerprint density at radius 2 is 2.27 bits per heavy atom. The highest BCUT2D eigenvalue weighted by molar-refractivity contribution is 6.30. The second-order valence-electron chi connectivity index (χ2n) is 4.99. The summed E-state index contributed by atoms with van der Waals surface area (Å²) >= 11 is 5.98. The molecule has 22 heavy (non-hydrogen) atoms. The summed E-state index contributed by atoms with van der Waals surface area (Å²) in [6.45, 7) is 1.72. The molecule has 0 aliphatic carbocycles. The molecule has 0 saturated heterocycles. The number of halogens is 1. The quantitative estimate of drug-likeness (QED) is 0.699. The minimum atomic E-state index is 0.501. The highest BCUT2D eigenvalue weighted by Crippen LogP contribution is 2.22. The molecule has 0 bridgehead atoms. The van der Waals surface area contributed by atoms with Crippen molar-refractivity contribution in [2.75, 3.05) is 18.5 Å². The molecular formula is C15H16ClN5O. The number of anilines is 1. The molecule has 2 aromatic heterocycles. The van der Waals surface area contributed by atoms with E-state index in [1.807, 2.05) is 53.3 Å². The molecule has 0 atom stereocenters. The van der Waals surface area contributed by atoms with Gasteiger partial charge in [-0.15, -0.1) is 0 Å². The lowest BCUT2D eigenvalue weighted by Crippen LogP contribution is -2.20. The summed E-state index contributed by atoms with van der Waals surface area (Å²) in [6.07, 6.45) is 6.49. The van der Waals surface area contributed by atoms with Gasteiger partial charge >= 0.3 is 6.01 Å². The van der Waals surface area contributed by atoms with Crippen molar-refractivity contribution in [1.29, 1.82) is 0 Å². The van der Waals surface area contributed by atoms with Gasteiger partial charge in [0.05, 0.1) is 6.33 Å². The Kier molecular flexibility index (Phi) is 4.39. The molecule has 0 fully saturated rings. The number of benzene rings is 1. The van der Waals surface area contributed by atoms with Gasteiger partial charge in [0.25, 0.3) is 0 Å². The van der Waals surface area contributed by atoms with Crippen LogP contribution in [-0.4, -0.2) is 33.3 Å². The van der Waals surface area contributed by atoms with Crippen LogP contribution in [0.4, 0.5) is 6.01 Å². The van der Waals surface area contributed by atoms with E-state index in [2.05, 4.69) is 15.1 Å². The van der Waals surface area contributed by atoms with Crippen LogP contribution in [-0.2, 0) is 6.54 Å². The Morgan fingerprint density at radius 1 is 1.36 bits per heavy atom. The molecule has 0 N–H and O–H groups in total. The first-order chi connectivity index (χ1) is 10.7. The SMILES string of the molecule is CN(CCCn1ccnc1)c1nc(-c2cccc(Cl)c2)no1. The molecule has 0 radical (unpaired) electrons. The van der Waals surface area contributed by atoms with Gasteiger partial charge < -0.3 is 14.0 Å². The van der Waals surface area contributed by atoms with E-state index in [-0.39, 0.29) is 0 Å². The fourth-order valence-corrected chi connectivity index (χ4v) is 2.31. The van der Waals surface area contributed by atoms with Crippen molar-refractivity contribution in [3.8, 4) is 11.4 Å². The molecule has 0 amide bonds. The van der Waals surface area contributed by atoms with Gasteiger partial charge in [0.2, 0.25) is 5.82 Å². The Balaban J connectivity index is 1.60. The summed E-state index contributed by atoms with van der Waals surface area (Å²) in [6, 6.07) is 7.90. The number of hydrogen-bond donors (Lipinski definition) is 0. The van der Waals surface area contributed by atoms with Crippen molar-refractivity contribution in [2.45, 2.75) is 13.0 Å². The second kappa shape index (κ2) is 6.62. The van der Waals surface area contributed by atoms with Gasteiger partial charge in [-0.3, -0.25) is 0 Å². The summed E-state index contributed by atoms with van der Waals surface area (Å²) < 4.78 is 7.35. The number of hydrogen-bond acceptors (Lipinski definition) is 5. The van der Waals surface area contributed by atoms with Crippen LogP contribution in [0.15, 0.2) is 47.5 Å². The van der Waals surface area contributed by atoms with Crippen molar-refractivity contribution in [3.63, 3.8) is 0 Å². The predicted molar refractivity (Wildman–Crippen MR) is 84.9 cm³/mol. The van der Waals surface area contributed by atoms with E-state index in [4.69, 9.17) is 16.1 Å². The lowest BCUT2D eigenvalue weighted by molar-refractivity contribution is 0.417. The smallest absolute Gasteiger partial charge is 0.324 e. The fourth-order valence-electron chi connectivity index (χ4n) is 2.12. The number of nitrogens with zero attached hydrogens (tertiary/aromatic N) is 5. The van der Waals surface area contributed by atoms with Gasteiger partial charge in [0, 0.05) is 43.1 Å². The maximum Gasteiger partial charge on any atom is 0.324 e. The molecule has 2 heterocycles. The van der Waals surface area contributed by atoms with Crippen LogP contribution in [0.25, 0.3) is 11.4 Å². The van der Waals surface area contributed by atoms with Crippen molar-refractivity contribution in [3.05, 3.63) is 48.0 Å². The average Bonchev–Trinajstić information content (AvgIpc) is 3.19. The highest BCUT2D eigenvalue weighted by atomic mass is 35.5. The monoisotopic (exact) mass is 317 g/mol. The lowest BCUT2D eigenvalue weighted by atomic mass is 10.2. The van der Waals surface area contributed by atoms with Crippen LogP contribution >= 0.6 is 11.6 Å². The standard InChI is InChI=1S/C15H16ClN5O/c1-20(7-3-8-21-9-6-17-11-21)15-18-14(19-22-15)12-4-2-5-13(16)10-12/h2,4-6,9-11H,3,7-8H2,1H3. The molecule has 6 nitrogen and oxygen atoms in total. The van der Waals surface area contributed by atoms with Gasteiger partial charge in [-0.1, -0.05) is 28.9 Å². The number of aromatic nitrogens is 4. The van der Waals surface area contributed by atoms with Crippen LogP contribution < -0.4 is 4.90 Å². The van der Waals surface area contributed by atoms with Crippen molar-refractivity contribution in [1.82, 2.24) is 19.7 Å². The summed E-state index contributed by atoms with van der Waals surface area (Å²) in [4.78, 5) is 10.4. The summed E-state index contributed by atoms with van der Waals surface area (Å²) in [7, 11) is 1.93. The molecule has 0 unspecified atom stereocenters. The zero-order valence-electron chi connectivity index (χ0n) is 12.2. The van der Waals surface area contributed by atoms with Crippen molar-refractivity contribution >= 4 is 17.6 Å². The van der Waals surface area contributed by atoms with E-state index in [9.17, 15) is 0 Å². The first kappa shape index (κ1) is 14.6. The van der Waals surface area contributed by atoms with Crippen LogP contribution in [0.1, 0.15) is 6.42 Å². The first-order valence-electron chi connectivity index (χ1n) is 6.99. The third-order valence-corrected chi connectivity index (χ3v) is 3.53. The zero-order chi connectivity index (χ0) is 15.4. The van der Waals surface area contributed by atoms with Crippen LogP contribution in [0.3, 0.4) is 0 Å². The zero-order valence-corrected chi connectivity index (χ0v) is 12.9. The predicted octanol–water partition coefficient (Wildman–Crippen LogP) is 3.11. The summed E-state index contributed by atoms with van der Waals surface area (Å²) in [5.74, 6) is 0.541. The van der Waals surface area contributed by atoms with E-state index in [0.717, 1.165) is 25.1 Å². The molecular weight excluding hydrogens is 302 g/mol. The Hall–Kier alpha value is -2.34. The van der Waals surface area contributed by atoms with E-state index < -0.39 is 0 Å². The van der Waals surface area contributed by atoms with Gasteiger partial charge in [-0.25, -0.2) is 4.98 Å². The van der Waals surface area contributed by atoms with Crippen LogP contribution in [0, 0.1) is 0 Å². The second-order valence-corrected chi connectivity index (χ2v) is 5.42. The number of aryl methyl sites for hydroxylation is 1. The summed E-state index contributed by atoms with van der Waals surface area (Å²) in [5, 5.41) is 4.66. The molecule has 3 rings (SSSR count). The van der Waals surface area contributed by atoms with Gasteiger partial charge in [-0.2, -0.15) is 4.98 Å². The maximum absolute atomic E-state index is 5.98. The Labute approximate surface area is 133 Å². The molecule has 1 aromatic carbocycles.